The first-order chi connectivity index (χ1) is 11.2. The fourth-order valence-electron chi connectivity index (χ4n) is 2.63. The Hall–Kier alpha value is -2.03. The monoisotopic (exact) mass is 337 g/mol. The van der Waals surface area contributed by atoms with Crippen molar-refractivity contribution in [1.82, 2.24) is 10.2 Å². The maximum atomic E-state index is 14.3. The van der Waals surface area contributed by atoms with E-state index in [1.165, 1.54) is 0 Å². The normalized spacial score (nSPS) is 17.9. The van der Waals surface area contributed by atoms with E-state index in [0.29, 0.717) is 37.2 Å². The highest BCUT2D eigenvalue weighted by Crippen LogP contribution is 2.26. The first-order valence-corrected chi connectivity index (χ1v) is 8.41. The van der Waals surface area contributed by atoms with Gasteiger partial charge in [0.05, 0.1) is 11.3 Å². The predicted octanol–water partition coefficient (Wildman–Crippen LogP) is 4.04. The first-order valence-electron chi connectivity index (χ1n) is 8.41. The number of piperidine rings is 1. The molecule has 1 heterocycles. The van der Waals surface area contributed by atoms with Crippen molar-refractivity contribution in [2.45, 2.75) is 65.5 Å². The zero-order chi connectivity index (χ0) is 18.3. The van der Waals surface area contributed by atoms with Gasteiger partial charge in [-0.25, -0.2) is 9.18 Å². The predicted molar refractivity (Wildman–Crippen MR) is 91.8 cm³/mol. The number of rotatable bonds is 4. The van der Waals surface area contributed by atoms with Gasteiger partial charge in [0, 0.05) is 19.1 Å². The number of hydrogen-bond donors (Lipinski definition) is 1. The molecular weight excluding hydrogens is 309 g/mol. The molecule has 1 saturated heterocycles. The van der Waals surface area contributed by atoms with Crippen molar-refractivity contribution in [2.24, 2.45) is 0 Å². The summed E-state index contributed by atoms with van der Waals surface area (Å²) in [5.41, 5.74) is 0.213. The molecule has 6 heteroatoms. The summed E-state index contributed by atoms with van der Waals surface area (Å²) in [5, 5.41) is 12.1. The number of amides is 1. The molecule has 1 aliphatic rings. The molecule has 0 spiro atoms. The molecular formula is C18H28FN3O2. The van der Waals surface area contributed by atoms with E-state index in [0.717, 1.165) is 0 Å². The third-order valence-electron chi connectivity index (χ3n) is 3.76. The van der Waals surface area contributed by atoms with Crippen LogP contribution in [0.4, 0.5) is 9.18 Å². The minimum Gasteiger partial charge on any atom is -0.444 e. The Labute approximate surface area is 144 Å². The summed E-state index contributed by atoms with van der Waals surface area (Å²) >= 11 is 0. The van der Waals surface area contributed by atoms with Gasteiger partial charge in [-0.15, -0.1) is 0 Å². The van der Waals surface area contributed by atoms with Crippen LogP contribution in [0.2, 0.25) is 0 Å². The van der Waals surface area contributed by atoms with Gasteiger partial charge >= 0.3 is 6.09 Å². The summed E-state index contributed by atoms with van der Waals surface area (Å²) in [7, 11) is 0. The van der Waals surface area contributed by atoms with Crippen LogP contribution < -0.4 is 5.32 Å². The van der Waals surface area contributed by atoms with E-state index in [1.807, 2.05) is 25.7 Å². The number of allylic oxidation sites excluding steroid dienone is 3. The molecule has 1 amide bonds. The smallest absolute Gasteiger partial charge is 0.407 e. The van der Waals surface area contributed by atoms with Gasteiger partial charge < -0.3 is 15.0 Å². The zero-order valence-electron chi connectivity index (χ0n) is 15.3. The second-order valence-electron chi connectivity index (χ2n) is 6.83. The standard InChI is InChI=1S/C18H28FN3O2/c1-6-13(12-20)16(15(19)7-2)22-10-8-14(9-11-22)21-17(23)24-18(3,4)5/h6,14H,7-11H2,1-5H3,(H,21,23)/b13-6-,16-15-. The molecule has 0 radical (unpaired) electrons. The van der Waals surface area contributed by atoms with Crippen LogP contribution in [-0.2, 0) is 4.74 Å². The van der Waals surface area contributed by atoms with E-state index in [1.54, 1.807) is 19.9 Å². The Morgan fingerprint density at radius 3 is 2.42 bits per heavy atom. The van der Waals surface area contributed by atoms with E-state index in [2.05, 4.69) is 11.4 Å². The summed E-state index contributed by atoms with van der Waals surface area (Å²) in [6.45, 7) is 10.1. The highest BCUT2D eigenvalue weighted by molar-refractivity contribution is 5.68. The second-order valence-corrected chi connectivity index (χ2v) is 6.83. The van der Waals surface area contributed by atoms with Gasteiger partial charge in [-0.1, -0.05) is 13.0 Å². The van der Waals surface area contributed by atoms with E-state index in [4.69, 9.17) is 4.74 Å². The van der Waals surface area contributed by atoms with Gasteiger partial charge in [0.1, 0.15) is 17.5 Å². The summed E-state index contributed by atoms with van der Waals surface area (Å²) in [6.07, 6.45) is 2.83. The third-order valence-corrected chi connectivity index (χ3v) is 3.76. The number of nitriles is 1. The molecule has 0 atom stereocenters. The second kappa shape index (κ2) is 8.72. The van der Waals surface area contributed by atoms with Crippen molar-refractivity contribution in [3.05, 3.63) is 23.2 Å². The number of nitrogens with zero attached hydrogens (tertiary/aromatic N) is 2. The average molecular weight is 337 g/mol. The summed E-state index contributed by atoms with van der Waals surface area (Å²) in [5.74, 6) is -0.275. The molecule has 0 unspecified atom stereocenters. The van der Waals surface area contributed by atoms with Crippen molar-refractivity contribution in [3.63, 3.8) is 0 Å². The molecule has 1 aliphatic heterocycles. The Bertz CT molecular complexity index is 548. The summed E-state index contributed by atoms with van der Waals surface area (Å²) < 4.78 is 19.5. The van der Waals surface area contributed by atoms with Crippen LogP contribution in [0.25, 0.3) is 0 Å². The van der Waals surface area contributed by atoms with Gasteiger partial charge in [0.2, 0.25) is 0 Å². The van der Waals surface area contributed by atoms with E-state index in [-0.39, 0.29) is 18.3 Å². The minimum atomic E-state index is -0.529. The van der Waals surface area contributed by atoms with Crippen LogP contribution in [0.3, 0.4) is 0 Å². The molecule has 0 saturated carbocycles. The molecule has 5 nitrogen and oxygen atoms in total. The maximum Gasteiger partial charge on any atom is 0.407 e. The molecule has 134 valence electrons. The third kappa shape index (κ3) is 5.88. The largest absolute Gasteiger partial charge is 0.444 e. The lowest BCUT2D eigenvalue weighted by atomic mass is 10.0. The van der Waals surface area contributed by atoms with Crippen LogP contribution in [-0.4, -0.2) is 35.7 Å². The Kier molecular flexibility index (Phi) is 7.27. The Morgan fingerprint density at radius 1 is 1.42 bits per heavy atom. The quantitative estimate of drug-likeness (QED) is 0.621. The Balaban J connectivity index is 2.70. The topological polar surface area (TPSA) is 65.4 Å². The van der Waals surface area contributed by atoms with Gasteiger partial charge in [-0.2, -0.15) is 5.26 Å². The Morgan fingerprint density at radius 2 is 2.00 bits per heavy atom. The number of carbonyl (C=O) groups is 1. The van der Waals surface area contributed by atoms with E-state index < -0.39 is 11.7 Å². The number of hydrogen-bond acceptors (Lipinski definition) is 4. The van der Waals surface area contributed by atoms with Gasteiger partial charge in [-0.05, 0) is 47.0 Å². The van der Waals surface area contributed by atoms with Crippen molar-refractivity contribution in [1.29, 1.82) is 5.26 Å². The number of nitrogens with one attached hydrogen (secondary N) is 1. The summed E-state index contributed by atoms with van der Waals surface area (Å²) in [4.78, 5) is 13.7. The molecule has 1 N–H and O–H groups in total. The fraction of sp³-hybridized carbons (Fsp3) is 0.667. The number of likely N-dealkylation sites (tertiary alicyclic amines) is 1. The van der Waals surface area contributed by atoms with Gasteiger partial charge in [0.15, 0.2) is 0 Å². The highest BCUT2D eigenvalue weighted by Gasteiger charge is 2.26. The SMILES string of the molecule is C/C=C(C#N)\C(=C(\F)CC)N1CCC(NC(=O)OC(C)(C)C)CC1. The van der Waals surface area contributed by atoms with Crippen LogP contribution >= 0.6 is 0 Å². The van der Waals surface area contributed by atoms with Crippen LogP contribution in [0, 0.1) is 11.3 Å². The average Bonchev–Trinajstić information content (AvgIpc) is 2.51. The summed E-state index contributed by atoms with van der Waals surface area (Å²) in [6, 6.07) is 2.06. The molecule has 0 aliphatic carbocycles. The molecule has 0 aromatic heterocycles. The molecule has 0 bridgehead atoms. The lowest BCUT2D eigenvalue weighted by molar-refractivity contribution is 0.0484. The fourth-order valence-corrected chi connectivity index (χ4v) is 2.63. The van der Waals surface area contributed by atoms with Gasteiger partial charge in [-0.3, -0.25) is 0 Å². The highest BCUT2D eigenvalue weighted by atomic mass is 19.1. The van der Waals surface area contributed by atoms with Crippen LogP contribution in [0.15, 0.2) is 23.2 Å². The van der Waals surface area contributed by atoms with E-state index in [9.17, 15) is 14.4 Å². The minimum absolute atomic E-state index is 0.00169. The lowest BCUT2D eigenvalue weighted by Crippen LogP contribution is -2.46. The number of carbonyl (C=O) groups excluding carboxylic acids is 1. The van der Waals surface area contributed by atoms with Crippen molar-refractivity contribution in [2.75, 3.05) is 13.1 Å². The van der Waals surface area contributed by atoms with Gasteiger partial charge in [0.25, 0.3) is 0 Å². The molecule has 24 heavy (non-hydrogen) atoms. The van der Waals surface area contributed by atoms with Crippen molar-refractivity contribution < 1.29 is 13.9 Å². The lowest BCUT2D eigenvalue weighted by Gasteiger charge is -2.35. The van der Waals surface area contributed by atoms with Crippen molar-refractivity contribution in [3.8, 4) is 6.07 Å². The molecule has 1 rings (SSSR count). The first kappa shape index (κ1) is 20.0. The van der Waals surface area contributed by atoms with Crippen molar-refractivity contribution >= 4 is 6.09 Å². The molecule has 1 fully saturated rings. The van der Waals surface area contributed by atoms with Crippen LogP contribution in [0.5, 0.6) is 0 Å². The molecule has 0 aromatic carbocycles. The van der Waals surface area contributed by atoms with E-state index >= 15 is 0 Å². The number of alkyl carbamates (subject to hydrolysis) is 1. The van der Waals surface area contributed by atoms with Crippen LogP contribution in [0.1, 0.15) is 53.9 Å². The maximum absolute atomic E-state index is 14.3. The molecule has 0 aromatic rings. The number of halogens is 1. The zero-order valence-corrected chi connectivity index (χ0v) is 15.3. The number of ether oxygens (including phenoxy) is 1.